The fourth-order valence-corrected chi connectivity index (χ4v) is 4.04. The lowest BCUT2D eigenvalue weighted by molar-refractivity contribution is 0.620. The second-order valence-electron chi connectivity index (χ2n) is 3.95. The van der Waals surface area contributed by atoms with Crippen LogP contribution in [0.25, 0.3) is 0 Å². The Labute approximate surface area is 106 Å². The van der Waals surface area contributed by atoms with Crippen molar-refractivity contribution in [2.75, 3.05) is 12.8 Å². The predicted molar refractivity (Wildman–Crippen MR) is 73.9 cm³/mol. The van der Waals surface area contributed by atoms with Crippen LogP contribution in [0, 0.1) is 0 Å². The second kappa shape index (κ2) is 5.15. The van der Waals surface area contributed by atoms with Crippen LogP contribution in [0.4, 0.5) is 0 Å². The van der Waals surface area contributed by atoms with E-state index in [-0.39, 0.29) is 4.75 Å². The largest absolute Gasteiger partial charge is 0.381 e. The number of likely N-dealkylation sites (N-methyl/N-ethyl adjacent to an activating group) is 1. The van der Waals surface area contributed by atoms with Gasteiger partial charge in [0, 0.05) is 19.4 Å². The van der Waals surface area contributed by atoms with Crippen molar-refractivity contribution in [1.82, 2.24) is 10.3 Å². The summed E-state index contributed by atoms with van der Waals surface area (Å²) in [4.78, 5) is 5.16. The first-order valence-electron chi connectivity index (χ1n) is 5.56. The maximum Gasteiger partial charge on any atom is 0.0960 e. The minimum Gasteiger partial charge on any atom is -0.381 e. The molecule has 0 radical (unpaired) electrons. The highest BCUT2D eigenvalue weighted by Gasteiger charge is 2.38. The van der Waals surface area contributed by atoms with Crippen LogP contribution in [-0.4, -0.2) is 22.8 Å². The van der Waals surface area contributed by atoms with E-state index < -0.39 is 0 Å². The lowest BCUT2D eigenvalue weighted by atomic mass is 9.93. The van der Waals surface area contributed by atoms with Crippen LogP contribution < -0.4 is 5.32 Å². The number of hydrogen-bond acceptors (Lipinski definition) is 3. The van der Waals surface area contributed by atoms with E-state index >= 15 is 0 Å². The highest BCUT2D eigenvalue weighted by molar-refractivity contribution is 8.02. The molecule has 4 heteroatoms. The van der Waals surface area contributed by atoms with Gasteiger partial charge in [-0.1, -0.05) is 24.7 Å². The molecule has 1 aliphatic heterocycles. The zero-order chi connectivity index (χ0) is 11.4. The zero-order valence-electron chi connectivity index (χ0n) is 9.40. The highest BCUT2D eigenvalue weighted by atomic mass is 32.2. The van der Waals surface area contributed by atoms with Gasteiger partial charge in [0.05, 0.1) is 9.74 Å². The van der Waals surface area contributed by atoms with Crippen LogP contribution in [0.15, 0.2) is 24.5 Å². The third-order valence-corrected chi connectivity index (χ3v) is 5.30. The highest BCUT2D eigenvalue weighted by Crippen LogP contribution is 2.45. The number of hydrogen-bond donors (Lipinski definition) is 1. The van der Waals surface area contributed by atoms with Crippen LogP contribution in [0.3, 0.4) is 0 Å². The number of thiocarbonyl (C=S) groups is 1. The maximum atomic E-state index is 5.51. The Balaban J connectivity index is 2.38. The quantitative estimate of drug-likeness (QED) is 0.818. The average Bonchev–Trinajstić information content (AvgIpc) is 2.39. The van der Waals surface area contributed by atoms with Crippen molar-refractivity contribution in [3.8, 4) is 0 Å². The third kappa shape index (κ3) is 2.09. The molecule has 1 atom stereocenters. The van der Waals surface area contributed by atoms with E-state index in [1.165, 1.54) is 24.2 Å². The summed E-state index contributed by atoms with van der Waals surface area (Å²) in [5.74, 6) is 1.18. The normalized spacial score (nSPS) is 25.1. The van der Waals surface area contributed by atoms with E-state index in [1.54, 1.807) is 0 Å². The van der Waals surface area contributed by atoms with E-state index in [4.69, 9.17) is 12.2 Å². The molecule has 1 fully saturated rings. The Bertz CT molecular complexity index is 359. The Kier molecular flexibility index (Phi) is 3.82. The summed E-state index contributed by atoms with van der Waals surface area (Å²) >= 11 is 7.46. The van der Waals surface area contributed by atoms with E-state index in [0.717, 1.165) is 11.4 Å². The molecule has 0 bridgehead atoms. The summed E-state index contributed by atoms with van der Waals surface area (Å²) in [7, 11) is 1.91. The minimum absolute atomic E-state index is 0.0450. The number of rotatable bonds is 2. The molecule has 86 valence electrons. The maximum absolute atomic E-state index is 5.51. The standard InChI is InChI=1S/C12H16N2S2/c1-13-11(15)12(6-2-3-8-16-12)10-5-4-7-14-9-10/h4-5,7,9H,2-3,6,8H2,1H3,(H,13,15)/t12-/m1/s1. The fraction of sp³-hybridized carbons (Fsp3) is 0.500. The molecule has 0 unspecified atom stereocenters. The van der Waals surface area contributed by atoms with Crippen LogP contribution >= 0.6 is 24.0 Å². The van der Waals surface area contributed by atoms with Crippen molar-refractivity contribution in [3.63, 3.8) is 0 Å². The van der Waals surface area contributed by atoms with Gasteiger partial charge in [-0.2, -0.15) is 0 Å². The van der Waals surface area contributed by atoms with Crippen molar-refractivity contribution in [2.45, 2.75) is 24.0 Å². The van der Waals surface area contributed by atoms with Gasteiger partial charge < -0.3 is 5.32 Å². The number of aromatic nitrogens is 1. The van der Waals surface area contributed by atoms with Crippen LogP contribution in [0.1, 0.15) is 24.8 Å². The molecule has 1 aliphatic rings. The molecule has 1 N–H and O–H groups in total. The number of thioether (sulfide) groups is 1. The predicted octanol–water partition coefficient (Wildman–Crippen LogP) is 2.74. The first kappa shape index (κ1) is 11.9. The van der Waals surface area contributed by atoms with Crippen molar-refractivity contribution < 1.29 is 0 Å². The van der Waals surface area contributed by atoms with Crippen LogP contribution in [0.5, 0.6) is 0 Å². The van der Waals surface area contributed by atoms with Gasteiger partial charge in [-0.15, -0.1) is 11.8 Å². The minimum atomic E-state index is -0.0450. The molecule has 0 aromatic carbocycles. The molecule has 2 heterocycles. The molecular weight excluding hydrogens is 236 g/mol. The molecule has 1 aromatic heterocycles. The lowest BCUT2D eigenvalue weighted by Gasteiger charge is -2.37. The van der Waals surface area contributed by atoms with Crippen molar-refractivity contribution in [1.29, 1.82) is 0 Å². The van der Waals surface area contributed by atoms with Gasteiger partial charge in [0.1, 0.15) is 0 Å². The average molecular weight is 252 g/mol. The molecule has 0 spiro atoms. The zero-order valence-corrected chi connectivity index (χ0v) is 11.0. The SMILES string of the molecule is CNC(=S)[C@]1(c2cccnc2)CCCCS1. The topological polar surface area (TPSA) is 24.9 Å². The second-order valence-corrected chi connectivity index (χ2v) is 5.76. The molecule has 0 amide bonds. The number of nitrogens with zero attached hydrogens (tertiary/aromatic N) is 1. The van der Waals surface area contributed by atoms with E-state index in [1.807, 2.05) is 37.3 Å². The Morgan fingerprint density at radius 1 is 1.56 bits per heavy atom. The van der Waals surface area contributed by atoms with Gasteiger partial charge in [0.15, 0.2) is 0 Å². The van der Waals surface area contributed by atoms with Crippen LogP contribution in [-0.2, 0) is 4.75 Å². The summed E-state index contributed by atoms with van der Waals surface area (Å²) in [5.41, 5.74) is 1.24. The summed E-state index contributed by atoms with van der Waals surface area (Å²) in [6.07, 6.45) is 7.40. The molecule has 16 heavy (non-hydrogen) atoms. The number of pyridine rings is 1. The molecule has 0 aliphatic carbocycles. The molecular formula is C12H16N2S2. The number of nitrogens with one attached hydrogen (secondary N) is 1. The van der Waals surface area contributed by atoms with Gasteiger partial charge in [0.2, 0.25) is 0 Å². The first-order valence-corrected chi connectivity index (χ1v) is 6.95. The monoisotopic (exact) mass is 252 g/mol. The lowest BCUT2D eigenvalue weighted by Crippen LogP contribution is -2.40. The Hall–Kier alpha value is -0.610. The molecule has 1 aromatic rings. The summed E-state index contributed by atoms with van der Waals surface area (Å²) in [6, 6.07) is 4.12. The smallest absolute Gasteiger partial charge is 0.0960 e. The van der Waals surface area contributed by atoms with Crippen molar-refractivity contribution in [3.05, 3.63) is 30.1 Å². The van der Waals surface area contributed by atoms with E-state index in [2.05, 4.69) is 16.4 Å². The van der Waals surface area contributed by atoms with Gasteiger partial charge in [-0.3, -0.25) is 4.98 Å². The molecule has 2 rings (SSSR count). The molecule has 2 nitrogen and oxygen atoms in total. The Morgan fingerprint density at radius 3 is 3.00 bits per heavy atom. The van der Waals surface area contributed by atoms with Gasteiger partial charge in [-0.05, 0) is 30.2 Å². The van der Waals surface area contributed by atoms with Crippen LogP contribution in [0.2, 0.25) is 0 Å². The van der Waals surface area contributed by atoms with E-state index in [0.29, 0.717) is 0 Å². The summed E-state index contributed by atoms with van der Waals surface area (Å²) in [5, 5.41) is 3.16. The molecule has 0 saturated carbocycles. The van der Waals surface area contributed by atoms with Crippen molar-refractivity contribution in [2.24, 2.45) is 0 Å². The van der Waals surface area contributed by atoms with Gasteiger partial charge >= 0.3 is 0 Å². The van der Waals surface area contributed by atoms with E-state index in [9.17, 15) is 0 Å². The van der Waals surface area contributed by atoms with Gasteiger partial charge in [0.25, 0.3) is 0 Å². The Morgan fingerprint density at radius 2 is 2.44 bits per heavy atom. The van der Waals surface area contributed by atoms with Crippen molar-refractivity contribution >= 4 is 29.0 Å². The fourth-order valence-electron chi connectivity index (χ4n) is 2.14. The third-order valence-electron chi connectivity index (χ3n) is 2.99. The van der Waals surface area contributed by atoms with Gasteiger partial charge in [-0.25, -0.2) is 0 Å². The first-order chi connectivity index (χ1) is 7.79. The molecule has 1 saturated heterocycles. The summed E-state index contributed by atoms with van der Waals surface area (Å²) < 4.78 is -0.0450. The summed E-state index contributed by atoms with van der Waals surface area (Å²) in [6.45, 7) is 0.